The molecule has 0 aliphatic rings. The van der Waals surface area contributed by atoms with Crippen LogP contribution in [0.25, 0.3) is 21.5 Å². The lowest BCUT2D eigenvalue weighted by molar-refractivity contribution is 0.436. The quantitative estimate of drug-likeness (QED) is 0.200. The molecule has 0 saturated carbocycles. The van der Waals surface area contributed by atoms with Crippen LogP contribution in [-0.4, -0.2) is 20.4 Å². The van der Waals surface area contributed by atoms with Crippen molar-refractivity contribution in [1.82, 2.24) is 0 Å². The fraction of sp³-hybridized carbons (Fsp3) is 0.0303. The second-order valence-electron chi connectivity index (χ2n) is 9.15. The highest BCUT2D eigenvalue weighted by atomic mass is 16.3. The van der Waals surface area contributed by atoms with Gasteiger partial charge in [0.25, 0.3) is 0 Å². The van der Waals surface area contributed by atoms with Gasteiger partial charge in [-0.15, -0.1) is 0 Å². The molecule has 0 amide bonds. The van der Waals surface area contributed by atoms with Gasteiger partial charge in [-0.1, -0.05) is 109 Å². The Bertz CT molecular complexity index is 1630. The van der Waals surface area contributed by atoms with E-state index in [1.54, 1.807) is 0 Å². The first kappa shape index (κ1) is 22.5. The summed E-state index contributed by atoms with van der Waals surface area (Å²) in [4.78, 5) is 0. The summed E-state index contributed by atoms with van der Waals surface area (Å²) in [7, 11) is 0. The third kappa shape index (κ3) is 3.30. The van der Waals surface area contributed by atoms with Crippen LogP contribution in [-0.2, 0) is 5.41 Å². The van der Waals surface area contributed by atoms with E-state index in [1.807, 2.05) is 109 Å². The van der Waals surface area contributed by atoms with Gasteiger partial charge in [0.15, 0.2) is 0 Å². The molecule has 0 unspecified atom stereocenters. The van der Waals surface area contributed by atoms with E-state index in [2.05, 4.69) is 0 Å². The molecule has 0 bridgehead atoms. The molecule has 6 rings (SSSR count). The van der Waals surface area contributed by atoms with E-state index in [-0.39, 0.29) is 23.0 Å². The average molecular weight is 485 g/mol. The van der Waals surface area contributed by atoms with E-state index in [1.165, 1.54) is 12.1 Å². The highest BCUT2D eigenvalue weighted by Gasteiger charge is 2.45. The number of fused-ring (bicyclic) bond motifs is 2. The molecule has 6 aromatic carbocycles. The highest BCUT2D eigenvalue weighted by Crippen LogP contribution is 2.56. The number of benzene rings is 6. The van der Waals surface area contributed by atoms with Crippen molar-refractivity contribution in [2.75, 3.05) is 0 Å². The summed E-state index contributed by atoms with van der Waals surface area (Å²) < 4.78 is 0. The van der Waals surface area contributed by atoms with Gasteiger partial charge in [-0.05, 0) is 21.9 Å². The number of hydrogen-bond donors (Lipinski definition) is 4. The molecule has 0 spiro atoms. The van der Waals surface area contributed by atoms with Crippen molar-refractivity contribution in [2.45, 2.75) is 5.41 Å². The maximum absolute atomic E-state index is 11.6. The molecule has 180 valence electrons. The van der Waals surface area contributed by atoms with E-state index < -0.39 is 5.41 Å². The minimum absolute atomic E-state index is 0.0355. The lowest BCUT2D eigenvalue weighted by Crippen LogP contribution is -2.32. The topological polar surface area (TPSA) is 80.9 Å². The summed E-state index contributed by atoms with van der Waals surface area (Å²) in [6, 6.07) is 36.9. The van der Waals surface area contributed by atoms with E-state index in [0.717, 1.165) is 11.1 Å². The van der Waals surface area contributed by atoms with Crippen LogP contribution in [0.5, 0.6) is 23.0 Å². The van der Waals surface area contributed by atoms with Gasteiger partial charge in [0.05, 0.1) is 5.41 Å². The van der Waals surface area contributed by atoms with E-state index in [0.29, 0.717) is 32.7 Å². The summed E-state index contributed by atoms with van der Waals surface area (Å²) in [5.41, 5.74) is 1.42. The molecule has 0 aromatic heterocycles. The third-order valence-corrected chi connectivity index (χ3v) is 7.17. The van der Waals surface area contributed by atoms with Gasteiger partial charge in [-0.3, -0.25) is 0 Å². The standard InChI is InChI=1S/C33H24O4/c34-27-19-29(36)31(25-17-9-7-15-23(25)27)33(21-11-3-1-4-12-21,22-13-5-2-6-14-22)32-26-18-10-8-16-24(26)28(35)20-30(32)37/h1-20,34-37H. The molecular weight excluding hydrogens is 460 g/mol. The Hall–Kier alpha value is -4.96. The SMILES string of the molecule is Oc1cc(O)c2ccccc2c1C(c1ccccc1)(c1ccccc1)c1c(O)cc(O)c2ccccc12. The van der Waals surface area contributed by atoms with Crippen molar-refractivity contribution in [1.29, 1.82) is 0 Å². The predicted octanol–water partition coefficient (Wildman–Crippen LogP) is 7.20. The molecule has 0 radical (unpaired) electrons. The summed E-state index contributed by atoms with van der Waals surface area (Å²) in [5, 5.41) is 47.3. The smallest absolute Gasteiger partial charge is 0.127 e. The van der Waals surface area contributed by atoms with Crippen molar-refractivity contribution in [2.24, 2.45) is 0 Å². The Morgan fingerprint density at radius 3 is 1.05 bits per heavy atom. The number of aromatic hydroxyl groups is 4. The summed E-state index contributed by atoms with van der Waals surface area (Å²) in [6.07, 6.45) is 0. The van der Waals surface area contributed by atoms with Crippen molar-refractivity contribution in [3.05, 3.63) is 144 Å². The van der Waals surface area contributed by atoms with Crippen LogP contribution in [0.1, 0.15) is 22.3 Å². The van der Waals surface area contributed by atoms with Crippen LogP contribution in [0.2, 0.25) is 0 Å². The molecular formula is C33H24O4. The van der Waals surface area contributed by atoms with Crippen LogP contribution in [0.3, 0.4) is 0 Å². The van der Waals surface area contributed by atoms with Gasteiger partial charge in [-0.2, -0.15) is 0 Å². The second-order valence-corrected chi connectivity index (χ2v) is 9.15. The number of phenolic OH excluding ortho intramolecular Hbond substituents is 4. The van der Waals surface area contributed by atoms with Crippen LogP contribution in [0, 0.1) is 0 Å². The van der Waals surface area contributed by atoms with Crippen molar-refractivity contribution in [3.8, 4) is 23.0 Å². The fourth-order valence-electron chi connectivity index (χ4n) is 5.72. The third-order valence-electron chi connectivity index (χ3n) is 7.17. The zero-order chi connectivity index (χ0) is 25.6. The van der Waals surface area contributed by atoms with Crippen LogP contribution in [0.15, 0.2) is 121 Å². The summed E-state index contributed by atoms with van der Waals surface area (Å²) in [6.45, 7) is 0. The Morgan fingerprint density at radius 2 is 0.676 bits per heavy atom. The first-order chi connectivity index (χ1) is 18.0. The van der Waals surface area contributed by atoms with Gasteiger partial charge >= 0.3 is 0 Å². The summed E-state index contributed by atoms with van der Waals surface area (Å²) >= 11 is 0. The lowest BCUT2D eigenvalue weighted by atomic mass is 9.62. The fourth-order valence-corrected chi connectivity index (χ4v) is 5.72. The molecule has 0 heterocycles. The predicted molar refractivity (Wildman–Crippen MR) is 146 cm³/mol. The molecule has 4 heteroatoms. The molecule has 6 aromatic rings. The minimum atomic E-state index is -1.22. The van der Waals surface area contributed by atoms with E-state index >= 15 is 0 Å². The van der Waals surface area contributed by atoms with Gasteiger partial charge in [0, 0.05) is 34.0 Å². The molecule has 0 saturated heterocycles. The largest absolute Gasteiger partial charge is 0.507 e. The lowest BCUT2D eigenvalue weighted by Gasteiger charge is -2.39. The average Bonchev–Trinajstić information content (AvgIpc) is 2.93. The first-order valence-corrected chi connectivity index (χ1v) is 12.0. The Morgan fingerprint density at radius 1 is 0.351 bits per heavy atom. The minimum Gasteiger partial charge on any atom is -0.507 e. The zero-order valence-electron chi connectivity index (χ0n) is 19.8. The second kappa shape index (κ2) is 8.61. The zero-order valence-corrected chi connectivity index (χ0v) is 19.8. The van der Waals surface area contributed by atoms with Gasteiger partial charge in [-0.25, -0.2) is 0 Å². The number of phenols is 4. The first-order valence-electron chi connectivity index (χ1n) is 12.0. The summed E-state index contributed by atoms with van der Waals surface area (Å²) in [5.74, 6) is -0.292. The molecule has 0 fully saturated rings. The monoisotopic (exact) mass is 484 g/mol. The Labute approximate surface area is 214 Å². The molecule has 0 atom stereocenters. The van der Waals surface area contributed by atoms with Crippen LogP contribution >= 0.6 is 0 Å². The Kier molecular flexibility index (Phi) is 5.24. The maximum atomic E-state index is 11.6. The normalized spacial score (nSPS) is 11.7. The molecule has 4 N–H and O–H groups in total. The highest BCUT2D eigenvalue weighted by molar-refractivity contribution is 6.00. The van der Waals surface area contributed by atoms with Gasteiger partial charge in [0.2, 0.25) is 0 Å². The van der Waals surface area contributed by atoms with Gasteiger partial charge < -0.3 is 20.4 Å². The Balaban J connectivity index is 1.95. The van der Waals surface area contributed by atoms with Gasteiger partial charge in [0.1, 0.15) is 23.0 Å². The van der Waals surface area contributed by atoms with E-state index in [4.69, 9.17) is 0 Å². The molecule has 0 aliphatic heterocycles. The molecule has 37 heavy (non-hydrogen) atoms. The van der Waals surface area contributed by atoms with Crippen molar-refractivity contribution < 1.29 is 20.4 Å². The number of rotatable bonds is 4. The van der Waals surface area contributed by atoms with Crippen molar-refractivity contribution in [3.63, 3.8) is 0 Å². The number of hydrogen-bond acceptors (Lipinski definition) is 4. The van der Waals surface area contributed by atoms with E-state index in [9.17, 15) is 20.4 Å². The van der Waals surface area contributed by atoms with Crippen LogP contribution < -0.4 is 0 Å². The van der Waals surface area contributed by atoms with Crippen molar-refractivity contribution >= 4 is 21.5 Å². The van der Waals surface area contributed by atoms with Crippen LogP contribution in [0.4, 0.5) is 0 Å². The maximum Gasteiger partial charge on any atom is 0.127 e. The molecule has 4 nitrogen and oxygen atoms in total. The molecule has 0 aliphatic carbocycles.